The number of imidazole rings is 1. The maximum absolute atomic E-state index is 12.1. The molecule has 0 aliphatic heterocycles. The highest BCUT2D eigenvalue weighted by molar-refractivity contribution is 6.31. The van der Waals surface area contributed by atoms with Crippen LogP contribution in [0.15, 0.2) is 42.9 Å². The molecule has 5 heteroatoms. The number of hydrogen-bond acceptors (Lipinski definition) is 2. The fraction of sp³-hybridized carbons (Fsp3) is 0. The molecule has 0 aliphatic rings. The van der Waals surface area contributed by atoms with E-state index in [1.165, 1.54) is 6.08 Å². The molecule has 0 bridgehead atoms. The van der Waals surface area contributed by atoms with E-state index in [2.05, 4.69) is 15.0 Å². The summed E-state index contributed by atoms with van der Waals surface area (Å²) in [4.78, 5) is 22.1. The van der Waals surface area contributed by atoms with Gasteiger partial charge < -0.3 is 9.97 Å². The Bertz CT molecular complexity index is 756. The fourth-order valence-electron chi connectivity index (χ4n) is 1.92. The molecule has 0 spiro atoms. The maximum atomic E-state index is 12.1. The Balaban J connectivity index is 1.94. The van der Waals surface area contributed by atoms with E-state index < -0.39 is 0 Å². The molecule has 0 saturated heterocycles. The van der Waals surface area contributed by atoms with Crippen LogP contribution in [-0.4, -0.2) is 20.7 Å². The normalized spacial score (nSPS) is 11.4. The molecule has 3 aromatic rings. The number of ketones is 1. The molecule has 2 N–H and O–H groups in total. The molecule has 0 aliphatic carbocycles. The first-order valence-corrected chi connectivity index (χ1v) is 6.10. The van der Waals surface area contributed by atoms with Crippen LogP contribution in [0.3, 0.4) is 0 Å². The lowest BCUT2D eigenvalue weighted by Crippen LogP contribution is -1.92. The van der Waals surface area contributed by atoms with Crippen molar-refractivity contribution >= 4 is 34.4 Å². The smallest absolute Gasteiger partial charge is 0.188 e. The first kappa shape index (κ1) is 11.7. The van der Waals surface area contributed by atoms with Crippen molar-refractivity contribution in [3.63, 3.8) is 0 Å². The molecule has 0 radical (unpaired) electrons. The van der Waals surface area contributed by atoms with Crippen molar-refractivity contribution in [2.45, 2.75) is 0 Å². The average Bonchev–Trinajstić information content (AvgIpc) is 3.04. The average molecular weight is 272 g/mol. The monoisotopic (exact) mass is 271 g/mol. The Morgan fingerprint density at radius 1 is 1.32 bits per heavy atom. The lowest BCUT2D eigenvalue weighted by molar-refractivity contribution is 0.104. The zero-order chi connectivity index (χ0) is 13.2. The van der Waals surface area contributed by atoms with E-state index in [9.17, 15) is 4.79 Å². The number of hydrogen-bond donors (Lipinski definition) is 2. The third-order valence-electron chi connectivity index (χ3n) is 2.82. The summed E-state index contributed by atoms with van der Waals surface area (Å²) in [7, 11) is 0. The Kier molecular flexibility index (Phi) is 2.93. The second-order valence-corrected chi connectivity index (χ2v) is 4.50. The molecule has 1 aromatic carbocycles. The highest BCUT2D eigenvalue weighted by atomic mass is 35.5. The SMILES string of the molecule is O=C(/C=C\c1ncc[nH]1)c1c[nH]c2cc(Cl)ccc12. The second kappa shape index (κ2) is 4.74. The summed E-state index contributed by atoms with van der Waals surface area (Å²) in [5, 5.41) is 1.50. The summed E-state index contributed by atoms with van der Waals surface area (Å²) in [6.45, 7) is 0. The molecule has 2 heterocycles. The van der Waals surface area contributed by atoms with Crippen molar-refractivity contribution in [1.29, 1.82) is 0 Å². The van der Waals surface area contributed by atoms with Crippen LogP contribution in [-0.2, 0) is 0 Å². The van der Waals surface area contributed by atoms with Crippen LogP contribution in [0, 0.1) is 0 Å². The van der Waals surface area contributed by atoms with Gasteiger partial charge in [-0.2, -0.15) is 0 Å². The molecular weight excluding hydrogens is 262 g/mol. The zero-order valence-electron chi connectivity index (χ0n) is 9.85. The molecular formula is C14H10ClN3O. The molecule has 19 heavy (non-hydrogen) atoms. The van der Waals surface area contributed by atoms with Crippen molar-refractivity contribution < 1.29 is 4.79 Å². The highest BCUT2D eigenvalue weighted by Crippen LogP contribution is 2.22. The molecule has 94 valence electrons. The molecule has 2 aromatic heterocycles. The van der Waals surface area contributed by atoms with Crippen LogP contribution in [0.5, 0.6) is 0 Å². The Labute approximate surface area is 114 Å². The van der Waals surface area contributed by atoms with Crippen molar-refractivity contribution in [2.24, 2.45) is 0 Å². The van der Waals surface area contributed by atoms with E-state index >= 15 is 0 Å². The standard InChI is InChI=1S/C14H10ClN3O/c15-9-1-2-10-11(8-18-12(10)7-9)13(19)3-4-14-16-5-6-17-14/h1-8,18H,(H,16,17)/b4-3-. The Morgan fingerprint density at radius 2 is 2.21 bits per heavy atom. The quantitative estimate of drug-likeness (QED) is 0.566. The number of rotatable bonds is 3. The van der Waals surface area contributed by atoms with Gasteiger partial charge in [0, 0.05) is 40.1 Å². The van der Waals surface area contributed by atoms with Gasteiger partial charge in [-0.3, -0.25) is 4.79 Å². The van der Waals surface area contributed by atoms with E-state index in [0.29, 0.717) is 16.4 Å². The Morgan fingerprint density at radius 3 is 3.00 bits per heavy atom. The molecule has 0 saturated carbocycles. The molecule has 3 rings (SSSR count). The predicted molar refractivity (Wildman–Crippen MR) is 75.3 cm³/mol. The van der Waals surface area contributed by atoms with E-state index in [-0.39, 0.29) is 5.78 Å². The number of nitrogens with one attached hydrogen (secondary N) is 2. The number of benzene rings is 1. The number of nitrogens with zero attached hydrogens (tertiary/aromatic N) is 1. The van der Waals surface area contributed by atoms with Crippen LogP contribution >= 0.6 is 11.6 Å². The van der Waals surface area contributed by atoms with Crippen LogP contribution in [0.2, 0.25) is 5.02 Å². The zero-order valence-corrected chi connectivity index (χ0v) is 10.6. The minimum absolute atomic E-state index is 0.0787. The minimum Gasteiger partial charge on any atom is -0.360 e. The Hall–Kier alpha value is -2.33. The summed E-state index contributed by atoms with van der Waals surface area (Å²) >= 11 is 5.90. The van der Waals surface area contributed by atoms with Gasteiger partial charge in [0.2, 0.25) is 0 Å². The maximum Gasteiger partial charge on any atom is 0.188 e. The van der Waals surface area contributed by atoms with Gasteiger partial charge in [-0.15, -0.1) is 0 Å². The second-order valence-electron chi connectivity index (χ2n) is 4.06. The summed E-state index contributed by atoms with van der Waals surface area (Å²) in [5.41, 5.74) is 1.47. The van der Waals surface area contributed by atoms with Gasteiger partial charge >= 0.3 is 0 Å². The number of aromatic amines is 2. The van der Waals surface area contributed by atoms with Crippen LogP contribution in [0.4, 0.5) is 0 Å². The van der Waals surface area contributed by atoms with E-state index in [4.69, 9.17) is 11.6 Å². The van der Waals surface area contributed by atoms with Gasteiger partial charge in [0.1, 0.15) is 5.82 Å². The number of halogens is 1. The lowest BCUT2D eigenvalue weighted by Gasteiger charge is -1.94. The van der Waals surface area contributed by atoms with Gasteiger partial charge in [0.05, 0.1) is 0 Å². The number of fused-ring (bicyclic) bond motifs is 1. The molecule has 0 atom stereocenters. The van der Waals surface area contributed by atoms with E-state index in [1.807, 2.05) is 6.07 Å². The van der Waals surface area contributed by atoms with Gasteiger partial charge in [-0.1, -0.05) is 17.7 Å². The first-order valence-electron chi connectivity index (χ1n) is 5.72. The number of carbonyl (C=O) groups is 1. The summed E-state index contributed by atoms with van der Waals surface area (Å²) in [6, 6.07) is 5.40. The molecule has 4 nitrogen and oxygen atoms in total. The van der Waals surface area contributed by atoms with Crippen molar-refractivity contribution in [3.8, 4) is 0 Å². The third kappa shape index (κ3) is 2.30. The summed E-state index contributed by atoms with van der Waals surface area (Å²) in [6.07, 6.45) is 8.18. The number of H-pyrrole nitrogens is 2. The lowest BCUT2D eigenvalue weighted by atomic mass is 10.1. The first-order chi connectivity index (χ1) is 9.24. The molecule has 0 amide bonds. The summed E-state index contributed by atoms with van der Waals surface area (Å²) in [5.74, 6) is 0.571. The van der Waals surface area contributed by atoms with E-state index in [0.717, 1.165) is 10.9 Å². The van der Waals surface area contributed by atoms with Gasteiger partial charge in [-0.25, -0.2) is 4.98 Å². The van der Waals surface area contributed by atoms with Crippen LogP contribution < -0.4 is 0 Å². The number of carbonyl (C=O) groups excluding carboxylic acids is 1. The highest BCUT2D eigenvalue weighted by Gasteiger charge is 2.09. The predicted octanol–water partition coefficient (Wildman–Crippen LogP) is 3.44. The van der Waals surface area contributed by atoms with Gasteiger partial charge in [-0.05, 0) is 24.3 Å². The van der Waals surface area contributed by atoms with Crippen molar-refractivity contribution in [3.05, 3.63) is 59.3 Å². The van der Waals surface area contributed by atoms with Crippen molar-refractivity contribution in [2.75, 3.05) is 0 Å². The van der Waals surface area contributed by atoms with Crippen LogP contribution in [0.1, 0.15) is 16.2 Å². The number of allylic oxidation sites excluding steroid dienone is 1. The van der Waals surface area contributed by atoms with Gasteiger partial charge in [0.25, 0.3) is 0 Å². The van der Waals surface area contributed by atoms with Crippen LogP contribution in [0.25, 0.3) is 17.0 Å². The topological polar surface area (TPSA) is 61.5 Å². The molecule has 0 fully saturated rings. The fourth-order valence-corrected chi connectivity index (χ4v) is 2.09. The van der Waals surface area contributed by atoms with Crippen molar-refractivity contribution in [1.82, 2.24) is 15.0 Å². The summed E-state index contributed by atoms with van der Waals surface area (Å²) < 4.78 is 0. The largest absolute Gasteiger partial charge is 0.360 e. The van der Waals surface area contributed by atoms with Gasteiger partial charge in [0.15, 0.2) is 5.78 Å². The third-order valence-corrected chi connectivity index (χ3v) is 3.06. The molecule has 0 unspecified atom stereocenters. The number of aromatic nitrogens is 3. The van der Waals surface area contributed by atoms with E-state index in [1.54, 1.807) is 36.8 Å². The minimum atomic E-state index is -0.0787.